The lowest BCUT2D eigenvalue weighted by Gasteiger charge is -2.17. The molecule has 0 radical (unpaired) electrons. The highest BCUT2D eigenvalue weighted by atomic mass is 16.5. The summed E-state index contributed by atoms with van der Waals surface area (Å²) in [6.45, 7) is 4.22. The van der Waals surface area contributed by atoms with Crippen LogP contribution in [0.15, 0.2) is 0 Å². The normalized spacial score (nSPS) is 12.4. The second-order valence-corrected chi connectivity index (χ2v) is 4.58. The lowest BCUT2D eigenvalue weighted by molar-refractivity contribution is -0.150. The van der Waals surface area contributed by atoms with E-state index in [2.05, 4.69) is 13.8 Å². The summed E-state index contributed by atoms with van der Waals surface area (Å²) in [5.74, 6) is -0.260. The fourth-order valence-electron chi connectivity index (χ4n) is 1.83. The van der Waals surface area contributed by atoms with Crippen molar-refractivity contribution in [2.24, 2.45) is 0 Å². The van der Waals surface area contributed by atoms with Gasteiger partial charge in [-0.25, -0.2) is 0 Å². The van der Waals surface area contributed by atoms with E-state index in [1.807, 2.05) is 0 Å². The monoisotopic (exact) mass is 244 g/mol. The Bertz CT molecular complexity index is 180. The number of rotatable bonds is 11. The molecular weight excluding hydrogens is 216 g/mol. The molecule has 0 aromatic rings. The van der Waals surface area contributed by atoms with Gasteiger partial charge < -0.3 is 9.84 Å². The van der Waals surface area contributed by atoms with Crippen LogP contribution in [0.1, 0.15) is 71.6 Å². The predicted molar refractivity (Wildman–Crippen MR) is 69.9 cm³/mol. The van der Waals surface area contributed by atoms with Crippen LogP contribution >= 0.6 is 0 Å². The summed E-state index contributed by atoms with van der Waals surface area (Å²) in [7, 11) is 0. The molecule has 0 aliphatic carbocycles. The molecule has 0 amide bonds. The van der Waals surface area contributed by atoms with E-state index in [0.717, 1.165) is 32.1 Å². The highest BCUT2D eigenvalue weighted by Gasteiger charge is 2.13. The molecule has 0 aromatic carbocycles. The Morgan fingerprint density at radius 2 is 1.71 bits per heavy atom. The maximum Gasteiger partial charge on any atom is 0.308 e. The Hall–Kier alpha value is -0.570. The SMILES string of the molecule is CCCCCCC(CCCC)OC(=O)CCO. The molecule has 0 heterocycles. The highest BCUT2D eigenvalue weighted by molar-refractivity contribution is 5.69. The molecule has 0 spiro atoms. The molecule has 0 aliphatic heterocycles. The summed E-state index contributed by atoms with van der Waals surface area (Å²) < 4.78 is 5.37. The number of hydrogen-bond acceptors (Lipinski definition) is 3. The highest BCUT2D eigenvalue weighted by Crippen LogP contribution is 2.14. The van der Waals surface area contributed by atoms with Gasteiger partial charge >= 0.3 is 5.97 Å². The molecule has 17 heavy (non-hydrogen) atoms. The van der Waals surface area contributed by atoms with Gasteiger partial charge in [0.05, 0.1) is 13.0 Å². The minimum Gasteiger partial charge on any atom is -0.462 e. The smallest absolute Gasteiger partial charge is 0.308 e. The Labute approximate surface area is 106 Å². The molecule has 102 valence electrons. The molecule has 1 atom stereocenters. The largest absolute Gasteiger partial charge is 0.462 e. The third-order valence-corrected chi connectivity index (χ3v) is 2.87. The number of esters is 1. The van der Waals surface area contributed by atoms with Gasteiger partial charge in [0.1, 0.15) is 6.10 Å². The second kappa shape index (κ2) is 11.9. The lowest BCUT2D eigenvalue weighted by atomic mass is 10.0. The standard InChI is InChI=1S/C14H28O3/c1-3-5-7-8-10-13(9-6-4-2)17-14(16)11-12-15/h13,15H,3-12H2,1-2H3. The third-order valence-electron chi connectivity index (χ3n) is 2.87. The molecule has 3 heteroatoms. The predicted octanol–water partition coefficient (Wildman–Crippen LogP) is 3.44. The second-order valence-electron chi connectivity index (χ2n) is 4.58. The van der Waals surface area contributed by atoms with Gasteiger partial charge in [0.15, 0.2) is 0 Å². The maximum atomic E-state index is 11.3. The molecule has 0 bridgehead atoms. The number of carbonyl (C=O) groups is 1. The Balaban J connectivity index is 3.82. The van der Waals surface area contributed by atoms with Crippen LogP contribution in [0, 0.1) is 0 Å². The van der Waals surface area contributed by atoms with Gasteiger partial charge in [-0.15, -0.1) is 0 Å². The van der Waals surface area contributed by atoms with Crippen LogP contribution in [0.25, 0.3) is 0 Å². The fraction of sp³-hybridized carbons (Fsp3) is 0.929. The molecule has 0 aliphatic rings. The van der Waals surface area contributed by atoms with Crippen molar-refractivity contribution >= 4 is 5.97 Å². The van der Waals surface area contributed by atoms with Gasteiger partial charge in [-0.2, -0.15) is 0 Å². The average Bonchev–Trinajstić information content (AvgIpc) is 2.31. The molecule has 0 rings (SSSR count). The van der Waals surface area contributed by atoms with E-state index in [1.165, 1.54) is 19.3 Å². The summed E-state index contributed by atoms with van der Waals surface area (Å²) in [6.07, 6.45) is 9.17. The van der Waals surface area contributed by atoms with E-state index >= 15 is 0 Å². The number of ether oxygens (including phenoxy) is 1. The molecule has 1 unspecified atom stereocenters. The molecule has 3 nitrogen and oxygen atoms in total. The van der Waals surface area contributed by atoms with Crippen molar-refractivity contribution < 1.29 is 14.6 Å². The van der Waals surface area contributed by atoms with E-state index in [1.54, 1.807) is 0 Å². The number of hydrogen-bond donors (Lipinski definition) is 1. The van der Waals surface area contributed by atoms with Gasteiger partial charge in [0.2, 0.25) is 0 Å². The van der Waals surface area contributed by atoms with E-state index in [9.17, 15) is 4.79 Å². The van der Waals surface area contributed by atoms with Crippen molar-refractivity contribution in [3.05, 3.63) is 0 Å². The van der Waals surface area contributed by atoms with Gasteiger partial charge in [0.25, 0.3) is 0 Å². The number of carbonyl (C=O) groups excluding carboxylic acids is 1. The number of aliphatic hydroxyl groups excluding tert-OH is 1. The zero-order chi connectivity index (χ0) is 12.9. The summed E-state index contributed by atoms with van der Waals surface area (Å²) >= 11 is 0. The molecular formula is C14H28O3. The zero-order valence-electron chi connectivity index (χ0n) is 11.4. The van der Waals surface area contributed by atoms with Gasteiger partial charge in [0, 0.05) is 0 Å². The first-order valence-electron chi connectivity index (χ1n) is 7.04. The number of unbranched alkanes of at least 4 members (excludes halogenated alkanes) is 4. The Kier molecular flexibility index (Phi) is 11.5. The van der Waals surface area contributed by atoms with E-state index < -0.39 is 0 Å². The van der Waals surface area contributed by atoms with Crippen molar-refractivity contribution in [2.75, 3.05) is 6.61 Å². The summed E-state index contributed by atoms with van der Waals surface area (Å²) in [6, 6.07) is 0. The van der Waals surface area contributed by atoms with Gasteiger partial charge in [-0.1, -0.05) is 46.0 Å². The topological polar surface area (TPSA) is 46.5 Å². The number of aliphatic hydroxyl groups is 1. The molecule has 0 fully saturated rings. The zero-order valence-corrected chi connectivity index (χ0v) is 11.4. The van der Waals surface area contributed by atoms with Crippen molar-refractivity contribution in [2.45, 2.75) is 77.7 Å². The van der Waals surface area contributed by atoms with Crippen molar-refractivity contribution in [3.8, 4) is 0 Å². The van der Waals surface area contributed by atoms with Crippen molar-refractivity contribution in [3.63, 3.8) is 0 Å². The molecule has 0 aromatic heterocycles. The fourth-order valence-corrected chi connectivity index (χ4v) is 1.83. The first-order chi connectivity index (χ1) is 8.24. The van der Waals surface area contributed by atoms with Crippen LogP contribution in [-0.4, -0.2) is 23.8 Å². The minimum absolute atomic E-state index is 0.0610. The summed E-state index contributed by atoms with van der Waals surface area (Å²) in [4.78, 5) is 11.3. The van der Waals surface area contributed by atoms with E-state index in [4.69, 9.17) is 9.84 Å². The van der Waals surface area contributed by atoms with Crippen LogP contribution in [0.4, 0.5) is 0 Å². The van der Waals surface area contributed by atoms with Crippen molar-refractivity contribution in [1.82, 2.24) is 0 Å². The molecule has 0 saturated heterocycles. The van der Waals surface area contributed by atoms with Crippen LogP contribution in [0.5, 0.6) is 0 Å². The van der Waals surface area contributed by atoms with Gasteiger partial charge in [-0.3, -0.25) is 4.79 Å². The summed E-state index contributed by atoms with van der Waals surface area (Å²) in [5.41, 5.74) is 0. The van der Waals surface area contributed by atoms with E-state index in [-0.39, 0.29) is 25.1 Å². The van der Waals surface area contributed by atoms with Crippen LogP contribution in [-0.2, 0) is 9.53 Å². The third kappa shape index (κ3) is 10.3. The molecule has 1 N–H and O–H groups in total. The Morgan fingerprint density at radius 1 is 1.06 bits per heavy atom. The maximum absolute atomic E-state index is 11.3. The van der Waals surface area contributed by atoms with Crippen LogP contribution in [0.3, 0.4) is 0 Å². The quantitative estimate of drug-likeness (QED) is 0.447. The van der Waals surface area contributed by atoms with Crippen molar-refractivity contribution in [1.29, 1.82) is 0 Å². The average molecular weight is 244 g/mol. The Morgan fingerprint density at radius 3 is 2.29 bits per heavy atom. The lowest BCUT2D eigenvalue weighted by Crippen LogP contribution is -2.19. The van der Waals surface area contributed by atoms with Crippen LogP contribution in [0.2, 0.25) is 0 Å². The first kappa shape index (κ1) is 16.4. The van der Waals surface area contributed by atoms with Gasteiger partial charge in [-0.05, 0) is 19.3 Å². The first-order valence-corrected chi connectivity index (χ1v) is 7.04. The molecule has 0 saturated carbocycles. The summed E-state index contributed by atoms with van der Waals surface area (Å²) in [5, 5.41) is 8.67. The van der Waals surface area contributed by atoms with E-state index in [0.29, 0.717) is 0 Å². The van der Waals surface area contributed by atoms with Crippen LogP contribution < -0.4 is 0 Å². The minimum atomic E-state index is -0.260.